The molecule has 0 saturated heterocycles. The summed E-state index contributed by atoms with van der Waals surface area (Å²) in [4.78, 5) is 37.9. The molecule has 0 aliphatic carbocycles. The maximum Gasteiger partial charge on any atom is 0.306 e. The summed E-state index contributed by atoms with van der Waals surface area (Å²) >= 11 is 0. The van der Waals surface area contributed by atoms with E-state index in [4.69, 9.17) is 14.2 Å². The van der Waals surface area contributed by atoms with Crippen molar-refractivity contribution in [1.82, 2.24) is 0 Å². The van der Waals surface area contributed by atoms with Crippen LogP contribution in [0.5, 0.6) is 0 Å². The van der Waals surface area contributed by atoms with Gasteiger partial charge in [0.05, 0.1) is 0 Å². The molecule has 0 radical (unpaired) electrons. The van der Waals surface area contributed by atoms with Crippen molar-refractivity contribution in [1.29, 1.82) is 0 Å². The highest BCUT2D eigenvalue weighted by molar-refractivity contribution is 5.71. The molecule has 0 aliphatic rings. The Balaban J connectivity index is 4.38. The van der Waals surface area contributed by atoms with Crippen molar-refractivity contribution in [2.75, 3.05) is 13.2 Å². The summed E-state index contributed by atoms with van der Waals surface area (Å²) in [7, 11) is 0. The molecule has 364 valence electrons. The van der Waals surface area contributed by atoms with E-state index in [0.29, 0.717) is 19.3 Å². The molecule has 1 atom stereocenters. The SMILES string of the molecule is CC\C=C/C=C\C=C/CCCCCCCC(=O)OC(COC(=O)CC/C=C\C/C=C\CCCCCCCC)COC(=O)CCCCCCCCCCCCCCCCCCCCC. The monoisotopic (exact) mass is 881 g/mol. The highest BCUT2D eigenvalue weighted by Crippen LogP contribution is 2.16. The molecule has 6 heteroatoms. The van der Waals surface area contributed by atoms with E-state index in [0.717, 1.165) is 77.0 Å². The molecule has 0 aliphatic heterocycles. The first-order valence-electron chi connectivity index (χ1n) is 26.8. The predicted octanol–water partition coefficient (Wildman–Crippen LogP) is 17.6. The molecule has 0 spiro atoms. The average Bonchev–Trinajstić information content (AvgIpc) is 3.28. The lowest BCUT2D eigenvalue weighted by molar-refractivity contribution is -0.166. The largest absolute Gasteiger partial charge is 0.462 e. The molecule has 0 fully saturated rings. The van der Waals surface area contributed by atoms with Crippen LogP contribution in [0.2, 0.25) is 0 Å². The van der Waals surface area contributed by atoms with Gasteiger partial charge in [0.1, 0.15) is 13.2 Å². The lowest BCUT2D eigenvalue weighted by atomic mass is 10.0. The third-order valence-corrected chi connectivity index (χ3v) is 11.6. The summed E-state index contributed by atoms with van der Waals surface area (Å²) in [5, 5.41) is 0. The Labute approximate surface area is 390 Å². The van der Waals surface area contributed by atoms with Gasteiger partial charge in [0.2, 0.25) is 0 Å². The van der Waals surface area contributed by atoms with E-state index < -0.39 is 6.10 Å². The molecule has 0 aromatic carbocycles. The number of unbranched alkanes of at least 4 members (excludes halogenated alkanes) is 29. The number of hydrogen-bond acceptors (Lipinski definition) is 6. The highest BCUT2D eigenvalue weighted by Gasteiger charge is 2.19. The third kappa shape index (κ3) is 50.0. The molecular weight excluding hydrogens is 781 g/mol. The molecule has 0 aromatic heterocycles. The molecule has 0 rings (SSSR count). The minimum absolute atomic E-state index is 0.0977. The van der Waals surface area contributed by atoms with Crippen LogP contribution >= 0.6 is 0 Å². The Hall–Kier alpha value is -2.89. The van der Waals surface area contributed by atoms with Crippen molar-refractivity contribution in [3.63, 3.8) is 0 Å². The minimum atomic E-state index is -0.805. The summed E-state index contributed by atoms with van der Waals surface area (Å²) in [6.07, 6.45) is 63.7. The van der Waals surface area contributed by atoms with Crippen molar-refractivity contribution in [3.8, 4) is 0 Å². The second-order valence-corrected chi connectivity index (χ2v) is 17.8. The fourth-order valence-electron chi connectivity index (χ4n) is 7.55. The number of allylic oxidation sites excluding steroid dienone is 10. The highest BCUT2D eigenvalue weighted by atomic mass is 16.6. The minimum Gasteiger partial charge on any atom is -0.462 e. The second kappa shape index (κ2) is 51.7. The summed E-state index contributed by atoms with van der Waals surface area (Å²) in [6.45, 7) is 6.45. The number of hydrogen-bond donors (Lipinski definition) is 0. The molecule has 1 unspecified atom stereocenters. The van der Waals surface area contributed by atoms with Gasteiger partial charge in [-0.15, -0.1) is 0 Å². The van der Waals surface area contributed by atoms with E-state index in [9.17, 15) is 14.4 Å². The Kier molecular flexibility index (Phi) is 49.4. The van der Waals surface area contributed by atoms with Crippen LogP contribution in [-0.4, -0.2) is 37.2 Å². The fraction of sp³-hybridized carbons (Fsp3) is 0.772. The maximum absolute atomic E-state index is 12.8. The van der Waals surface area contributed by atoms with Gasteiger partial charge in [-0.3, -0.25) is 14.4 Å². The number of carbonyl (C=O) groups is 3. The van der Waals surface area contributed by atoms with Crippen molar-refractivity contribution < 1.29 is 28.6 Å². The zero-order chi connectivity index (χ0) is 45.8. The van der Waals surface area contributed by atoms with Gasteiger partial charge in [0.15, 0.2) is 6.10 Å². The van der Waals surface area contributed by atoms with Crippen LogP contribution in [0.25, 0.3) is 0 Å². The Bertz CT molecular complexity index is 1150. The predicted molar refractivity (Wildman–Crippen MR) is 270 cm³/mol. The van der Waals surface area contributed by atoms with Gasteiger partial charge in [-0.1, -0.05) is 248 Å². The van der Waals surface area contributed by atoms with Gasteiger partial charge in [-0.05, 0) is 57.8 Å². The first kappa shape index (κ1) is 60.1. The van der Waals surface area contributed by atoms with E-state index in [-0.39, 0.29) is 37.5 Å². The lowest BCUT2D eigenvalue weighted by Gasteiger charge is -2.18. The van der Waals surface area contributed by atoms with E-state index in [1.165, 1.54) is 141 Å². The Morgan fingerprint density at radius 1 is 0.349 bits per heavy atom. The number of carbonyl (C=O) groups excluding carboxylic acids is 3. The van der Waals surface area contributed by atoms with Crippen LogP contribution < -0.4 is 0 Å². The summed E-state index contributed by atoms with van der Waals surface area (Å²) in [5.41, 5.74) is 0. The van der Waals surface area contributed by atoms with E-state index in [2.05, 4.69) is 75.5 Å². The van der Waals surface area contributed by atoms with Crippen LogP contribution in [0.1, 0.15) is 265 Å². The molecule has 0 amide bonds. The molecule has 0 N–H and O–H groups in total. The first-order chi connectivity index (χ1) is 31.0. The first-order valence-corrected chi connectivity index (χ1v) is 26.8. The van der Waals surface area contributed by atoms with Crippen molar-refractivity contribution in [2.24, 2.45) is 0 Å². The van der Waals surface area contributed by atoms with Gasteiger partial charge in [0, 0.05) is 19.3 Å². The average molecular weight is 881 g/mol. The van der Waals surface area contributed by atoms with Gasteiger partial charge in [-0.2, -0.15) is 0 Å². The van der Waals surface area contributed by atoms with Gasteiger partial charge < -0.3 is 14.2 Å². The van der Waals surface area contributed by atoms with Gasteiger partial charge >= 0.3 is 17.9 Å². The van der Waals surface area contributed by atoms with Crippen molar-refractivity contribution >= 4 is 17.9 Å². The number of ether oxygens (including phenoxy) is 3. The van der Waals surface area contributed by atoms with E-state index in [1.54, 1.807) is 0 Å². The van der Waals surface area contributed by atoms with Crippen LogP contribution in [0.3, 0.4) is 0 Å². The van der Waals surface area contributed by atoms with Crippen LogP contribution in [0.15, 0.2) is 60.8 Å². The number of esters is 3. The molecule has 0 bridgehead atoms. The van der Waals surface area contributed by atoms with Crippen molar-refractivity contribution in [3.05, 3.63) is 60.8 Å². The standard InChI is InChI=1S/C57H100O6/c1-4-7-10-13-16-19-22-25-26-27-28-29-30-33-35-38-41-44-47-50-56(59)62-53-54(63-57(60)51-48-45-42-39-36-32-24-21-18-15-12-9-6-3)52-61-55(58)49-46-43-40-37-34-31-23-20-17-14-11-8-5-2/h9,12,15,18,21,24,31,34,40,43,54H,4-8,10-11,13-14,16-17,19-20,22-23,25-30,32-33,35-39,41-42,44-53H2,1-3H3/b12-9-,18-15-,24-21-,34-31-,43-40-. The van der Waals surface area contributed by atoms with Gasteiger partial charge in [0.25, 0.3) is 0 Å². The summed E-state index contributed by atoms with van der Waals surface area (Å²) in [6, 6.07) is 0. The Morgan fingerprint density at radius 2 is 0.714 bits per heavy atom. The fourth-order valence-corrected chi connectivity index (χ4v) is 7.55. The van der Waals surface area contributed by atoms with Crippen molar-refractivity contribution in [2.45, 2.75) is 271 Å². The molecule has 0 saturated carbocycles. The van der Waals surface area contributed by atoms with Crippen LogP contribution in [0.4, 0.5) is 0 Å². The second-order valence-electron chi connectivity index (χ2n) is 17.8. The smallest absolute Gasteiger partial charge is 0.306 e. The molecule has 0 heterocycles. The Morgan fingerprint density at radius 3 is 1.17 bits per heavy atom. The quantitative estimate of drug-likeness (QED) is 0.0199. The van der Waals surface area contributed by atoms with E-state index >= 15 is 0 Å². The zero-order valence-corrected chi connectivity index (χ0v) is 41.6. The number of rotatable bonds is 48. The van der Waals surface area contributed by atoms with E-state index in [1.807, 2.05) is 6.08 Å². The molecular formula is C57H100O6. The maximum atomic E-state index is 12.8. The lowest BCUT2D eigenvalue weighted by Crippen LogP contribution is -2.30. The van der Waals surface area contributed by atoms with Crippen LogP contribution in [-0.2, 0) is 28.6 Å². The topological polar surface area (TPSA) is 78.9 Å². The zero-order valence-electron chi connectivity index (χ0n) is 41.6. The van der Waals surface area contributed by atoms with Crippen LogP contribution in [0, 0.1) is 0 Å². The summed E-state index contributed by atoms with van der Waals surface area (Å²) in [5.74, 6) is -0.983. The normalized spacial score (nSPS) is 12.5. The summed E-state index contributed by atoms with van der Waals surface area (Å²) < 4.78 is 16.7. The van der Waals surface area contributed by atoms with Gasteiger partial charge in [-0.25, -0.2) is 0 Å². The third-order valence-electron chi connectivity index (χ3n) is 11.6. The molecule has 0 aromatic rings. The molecule has 63 heavy (non-hydrogen) atoms. The molecule has 6 nitrogen and oxygen atoms in total.